The number of aromatic nitrogens is 2. The number of hydrogen-bond acceptors (Lipinski definition) is 4. The lowest BCUT2D eigenvalue weighted by molar-refractivity contribution is -0.127. The summed E-state index contributed by atoms with van der Waals surface area (Å²) in [6.07, 6.45) is 15.5. The van der Waals surface area contributed by atoms with Gasteiger partial charge in [0.1, 0.15) is 6.07 Å². The van der Waals surface area contributed by atoms with Crippen LogP contribution in [0.5, 0.6) is 0 Å². The molecule has 0 bridgehead atoms. The van der Waals surface area contributed by atoms with Crippen molar-refractivity contribution in [2.75, 3.05) is 7.11 Å². The van der Waals surface area contributed by atoms with Crippen LogP contribution < -0.4 is 0 Å². The van der Waals surface area contributed by atoms with Crippen molar-refractivity contribution in [3.05, 3.63) is 29.6 Å². The Morgan fingerprint density at radius 3 is 2.50 bits per heavy atom. The van der Waals surface area contributed by atoms with E-state index in [0.717, 1.165) is 25.9 Å². The molecule has 2 saturated carbocycles. The van der Waals surface area contributed by atoms with E-state index >= 15 is 0 Å². The standard InChI is InChI=1S/C26H37N3O.C2H6.CH4O/c1-5-12-25(3)19(6-2)7-8-20-21-9-10-23(26(21,4)13-11-22(20)25)24(30)17-29-16-18(14-27)15-28-29;2*1-2/h11,15-16,19-21,23H,5-10,12-13,17H2,1-4H3;1-2H3;2H,1H3. The van der Waals surface area contributed by atoms with Gasteiger partial charge in [0.25, 0.3) is 0 Å². The molecule has 6 atom stereocenters. The van der Waals surface area contributed by atoms with E-state index < -0.39 is 0 Å². The number of aliphatic hydroxyl groups is 1. The molecule has 0 radical (unpaired) electrons. The lowest BCUT2D eigenvalue weighted by atomic mass is 9.50. The average Bonchev–Trinajstić information content (AvgIpc) is 3.45. The predicted molar refractivity (Wildman–Crippen MR) is 138 cm³/mol. The van der Waals surface area contributed by atoms with E-state index in [0.29, 0.717) is 35.1 Å². The predicted octanol–water partition coefficient (Wildman–Crippen LogP) is 6.56. The average molecular weight is 470 g/mol. The van der Waals surface area contributed by atoms with Gasteiger partial charge >= 0.3 is 0 Å². The van der Waals surface area contributed by atoms with Crippen LogP contribution in [0, 0.1) is 45.8 Å². The van der Waals surface area contributed by atoms with Crippen molar-refractivity contribution >= 4 is 5.78 Å². The molecule has 3 aliphatic rings. The van der Waals surface area contributed by atoms with Gasteiger partial charge in [-0.05, 0) is 67.1 Å². The Kier molecular flexibility index (Phi) is 10.1. The van der Waals surface area contributed by atoms with Crippen LogP contribution in [0.15, 0.2) is 24.0 Å². The van der Waals surface area contributed by atoms with E-state index in [9.17, 15) is 4.79 Å². The van der Waals surface area contributed by atoms with Crippen LogP contribution in [0.25, 0.3) is 0 Å². The van der Waals surface area contributed by atoms with Gasteiger partial charge in [-0.2, -0.15) is 10.4 Å². The van der Waals surface area contributed by atoms with Gasteiger partial charge in [-0.1, -0.05) is 66.0 Å². The zero-order valence-electron chi connectivity index (χ0n) is 22.6. The maximum Gasteiger partial charge on any atom is 0.157 e. The number of allylic oxidation sites excluding steroid dienone is 2. The highest BCUT2D eigenvalue weighted by Gasteiger charge is 2.57. The summed E-state index contributed by atoms with van der Waals surface area (Å²) in [5.41, 5.74) is 2.68. The summed E-state index contributed by atoms with van der Waals surface area (Å²) in [6, 6.07) is 2.10. The van der Waals surface area contributed by atoms with E-state index in [1.54, 1.807) is 22.6 Å². The Labute approximate surface area is 207 Å². The summed E-state index contributed by atoms with van der Waals surface area (Å²) in [6.45, 7) is 13.9. The highest BCUT2D eigenvalue weighted by atomic mass is 16.2. The quantitative estimate of drug-likeness (QED) is 0.478. The highest BCUT2D eigenvalue weighted by molar-refractivity contribution is 5.82. The van der Waals surface area contributed by atoms with Crippen LogP contribution in [0.4, 0.5) is 0 Å². The molecule has 0 aromatic carbocycles. The topological polar surface area (TPSA) is 78.9 Å². The second kappa shape index (κ2) is 12.2. The molecule has 190 valence electrons. The van der Waals surface area contributed by atoms with Crippen molar-refractivity contribution < 1.29 is 9.90 Å². The van der Waals surface area contributed by atoms with Crippen molar-refractivity contribution in [2.24, 2.45) is 34.5 Å². The number of carbonyl (C=O) groups excluding carboxylic acids is 1. The first kappa shape index (κ1) is 28.3. The highest BCUT2D eigenvalue weighted by Crippen LogP contribution is 2.64. The molecule has 34 heavy (non-hydrogen) atoms. The Hall–Kier alpha value is -1.93. The van der Waals surface area contributed by atoms with Crippen molar-refractivity contribution in [3.8, 4) is 6.07 Å². The van der Waals surface area contributed by atoms with Crippen molar-refractivity contribution in [1.29, 1.82) is 5.26 Å². The summed E-state index contributed by atoms with van der Waals surface area (Å²) >= 11 is 0. The molecular formula is C29H47N3O2. The fourth-order valence-electron chi connectivity index (χ4n) is 7.69. The molecule has 0 spiro atoms. The second-order valence-corrected chi connectivity index (χ2v) is 10.6. The zero-order valence-corrected chi connectivity index (χ0v) is 22.6. The Morgan fingerprint density at radius 1 is 1.21 bits per heavy atom. The minimum atomic E-state index is 0.0721. The molecular weight excluding hydrogens is 422 g/mol. The van der Waals surface area contributed by atoms with E-state index in [1.807, 2.05) is 13.8 Å². The van der Waals surface area contributed by atoms with E-state index in [4.69, 9.17) is 10.4 Å². The number of aliphatic hydroxyl groups excluding tert-OH is 1. The molecule has 0 saturated heterocycles. The Morgan fingerprint density at radius 2 is 1.91 bits per heavy atom. The first-order chi connectivity index (χ1) is 16.4. The van der Waals surface area contributed by atoms with Gasteiger partial charge in [0.2, 0.25) is 0 Å². The number of ketones is 1. The molecule has 3 aliphatic carbocycles. The fraction of sp³-hybridized carbons (Fsp3) is 0.759. The molecule has 2 fully saturated rings. The number of nitrogens with zero attached hydrogens (tertiary/aromatic N) is 3. The molecule has 4 rings (SSSR count). The minimum absolute atomic E-state index is 0.0721. The Bertz CT molecular complexity index is 882. The summed E-state index contributed by atoms with van der Waals surface area (Å²) < 4.78 is 1.65. The molecule has 0 aliphatic heterocycles. The zero-order chi connectivity index (χ0) is 25.5. The van der Waals surface area contributed by atoms with E-state index in [1.165, 1.54) is 38.5 Å². The normalized spacial score (nSPS) is 33.7. The third kappa shape index (κ3) is 5.03. The van der Waals surface area contributed by atoms with Gasteiger partial charge in [0.05, 0.1) is 18.3 Å². The number of rotatable bonds is 6. The number of fused-ring (bicyclic) bond motifs is 3. The Balaban J connectivity index is 0.000000970. The number of Topliss-reactive ketones (excluding diaryl/α,β-unsaturated/α-hetero) is 1. The summed E-state index contributed by atoms with van der Waals surface area (Å²) in [7, 11) is 1.00. The van der Waals surface area contributed by atoms with Gasteiger partial charge in [0, 0.05) is 19.2 Å². The van der Waals surface area contributed by atoms with Gasteiger partial charge < -0.3 is 5.11 Å². The summed E-state index contributed by atoms with van der Waals surface area (Å²) in [5, 5.41) is 20.2. The fourth-order valence-corrected chi connectivity index (χ4v) is 7.69. The molecule has 5 nitrogen and oxygen atoms in total. The van der Waals surface area contributed by atoms with Crippen LogP contribution in [-0.2, 0) is 11.3 Å². The first-order valence-corrected chi connectivity index (χ1v) is 13.5. The minimum Gasteiger partial charge on any atom is -0.400 e. The van der Waals surface area contributed by atoms with Crippen molar-refractivity contribution in [1.82, 2.24) is 9.78 Å². The molecule has 0 amide bonds. The number of hydrogen-bond donors (Lipinski definition) is 1. The molecule has 5 heteroatoms. The van der Waals surface area contributed by atoms with Gasteiger partial charge in [-0.15, -0.1) is 0 Å². The molecule has 1 N–H and O–H groups in total. The van der Waals surface area contributed by atoms with Gasteiger partial charge in [0.15, 0.2) is 5.78 Å². The van der Waals surface area contributed by atoms with Crippen molar-refractivity contribution in [2.45, 2.75) is 99.5 Å². The number of nitriles is 1. The van der Waals surface area contributed by atoms with Crippen LogP contribution in [0.3, 0.4) is 0 Å². The van der Waals surface area contributed by atoms with Crippen molar-refractivity contribution in [3.63, 3.8) is 0 Å². The number of carbonyl (C=O) groups is 1. The third-order valence-corrected chi connectivity index (χ3v) is 9.17. The summed E-state index contributed by atoms with van der Waals surface area (Å²) in [4.78, 5) is 13.3. The molecule has 1 aromatic rings. The summed E-state index contributed by atoms with van der Waals surface area (Å²) in [5.74, 6) is 2.50. The van der Waals surface area contributed by atoms with E-state index in [-0.39, 0.29) is 11.3 Å². The van der Waals surface area contributed by atoms with Gasteiger partial charge in [-0.25, -0.2) is 0 Å². The first-order valence-electron chi connectivity index (χ1n) is 13.5. The van der Waals surface area contributed by atoms with E-state index in [2.05, 4.69) is 44.9 Å². The maximum atomic E-state index is 13.3. The lowest BCUT2D eigenvalue weighted by Crippen LogP contribution is -2.46. The monoisotopic (exact) mass is 469 g/mol. The largest absolute Gasteiger partial charge is 0.400 e. The third-order valence-electron chi connectivity index (χ3n) is 9.17. The van der Waals surface area contributed by atoms with Crippen LogP contribution in [0.2, 0.25) is 0 Å². The smallest absolute Gasteiger partial charge is 0.157 e. The maximum absolute atomic E-state index is 13.3. The van der Waals surface area contributed by atoms with Crippen LogP contribution in [-0.4, -0.2) is 27.8 Å². The van der Waals surface area contributed by atoms with Crippen LogP contribution in [0.1, 0.15) is 98.5 Å². The lowest BCUT2D eigenvalue weighted by Gasteiger charge is -2.54. The molecule has 1 heterocycles. The molecule has 6 unspecified atom stereocenters. The second-order valence-electron chi connectivity index (χ2n) is 10.6. The SMILES string of the molecule is CC.CCCC1(C)C2=CCC3(C)C(C(=O)Cn4cc(C#N)cn4)CCC3C2CCC1CC.CO. The van der Waals surface area contributed by atoms with Crippen LogP contribution >= 0.6 is 0 Å². The molecule has 1 aromatic heterocycles. The van der Waals surface area contributed by atoms with Gasteiger partial charge in [-0.3, -0.25) is 9.48 Å².